The van der Waals surface area contributed by atoms with Gasteiger partial charge in [0.2, 0.25) is 5.95 Å². The van der Waals surface area contributed by atoms with E-state index in [1.54, 1.807) is 6.07 Å². The van der Waals surface area contributed by atoms with Crippen molar-refractivity contribution < 1.29 is 0 Å². The number of anilines is 3. The quantitative estimate of drug-likeness (QED) is 0.761. The van der Waals surface area contributed by atoms with Gasteiger partial charge in [-0.1, -0.05) is 26.2 Å². The molecule has 5 nitrogen and oxygen atoms in total. The van der Waals surface area contributed by atoms with E-state index in [1.165, 1.54) is 32.1 Å². The number of hydrogen-bond acceptors (Lipinski definition) is 5. The Morgan fingerprint density at radius 3 is 2.89 bits per heavy atom. The third kappa shape index (κ3) is 3.75. The molecule has 1 aliphatic rings. The summed E-state index contributed by atoms with van der Waals surface area (Å²) in [5.41, 5.74) is 11.2. The lowest BCUT2D eigenvalue weighted by atomic mass is 9.81. The lowest BCUT2D eigenvalue weighted by Crippen LogP contribution is -2.17. The van der Waals surface area contributed by atoms with Gasteiger partial charge in [-0.3, -0.25) is 0 Å². The third-order valence-electron chi connectivity index (χ3n) is 3.67. The van der Waals surface area contributed by atoms with E-state index in [1.807, 2.05) is 0 Å². The smallest absolute Gasteiger partial charge is 0.223 e. The molecular formula is C13H23N5. The first-order valence-corrected chi connectivity index (χ1v) is 6.77. The molecule has 2 unspecified atom stereocenters. The SMILES string of the molecule is CC1CCCC(CCNc2cc(N)nc(N)n2)C1. The predicted molar refractivity (Wildman–Crippen MR) is 75.1 cm³/mol. The Kier molecular flexibility index (Phi) is 4.23. The van der Waals surface area contributed by atoms with Gasteiger partial charge in [0.05, 0.1) is 0 Å². The van der Waals surface area contributed by atoms with Crippen molar-refractivity contribution in [3.63, 3.8) is 0 Å². The van der Waals surface area contributed by atoms with Gasteiger partial charge in [0, 0.05) is 12.6 Å². The summed E-state index contributed by atoms with van der Waals surface area (Å²) in [6.45, 7) is 3.28. The number of nitrogens with one attached hydrogen (secondary N) is 1. The molecule has 2 atom stereocenters. The summed E-state index contributed by atoms with van der Waals surface area (Å²) in [4.78, 5) is 7.95. The summed E-state index contributed by atoms with van der Waals surface area (Å²) >= 11 is 0. The first-order valence-electron chi connectivity index (χ1n) is 6.77. The summed E-state index contributed by atoms with van der Waals surface area (Å²) < 4.78 is 0. The highest BCUT2D eigenvalue weighted by Crippen LogP contribution is 2.30. The van der Waals surface area contributed by atoms with Crippen LogP contribution in [-0.4, -0.2) is 16.5 Å². The minimum absolute atomic E-state index is 0.226. The van der Waals surface area contributed by atoms with Gasteiger partial charge in [0.25, 0.3) is 0 Å². The second-order valence-corrected chi connectivity index (χ2v) is 5.39. The minimum Gasteiger partial charge on any atom is -0.383 e. The summed E-state index contributed by atoms with van der Waals surface area (Å²) in [5.74, 6) is 3.09. The van der Waals surface area contributed by atoms with Crippen molar-refractivity contribution in [3.8, 4) is 0 Å². The molecule has 1 aromatic rings. The number of nitrogen functional groups attached to an aromatic ring is 2. The Hall–Kier alpha value is -1.52. The molecule has 5 N–H and O–H groups in total. The van der Waals surface area contributed by atoms with Crippen LogP contribution in [0.15, 0.2) is 6.07 Å². The molecular weight excluding hydrogens is 226 g/mol. The fourth-order valence-corrected chi connectivity index (χ4v) is 2.80. The molecule has 1 fully saturated rings. The van der Waals surface area contributed by atoms with Crippen LogP contribution in [0.25, 0.3) is 0 Å². The van der Waals surface area contributed by atoms with Crippen molar-refractivity contribution in [2.75, 3.05) is 23.3 Å². The maximum Gasteiger partial charge on any atom is 0.223 e. The molecule has 5 heteroatoms. The van der Waals surface area contributed by atoms with E-state index in [9.17, 15) is 0 Å². The predicted octanol–water partition coefficient (Wildman–Crippen LogP) is 2.27. The standard InChI is InChI=1S/C13H23N5/c1-9-3-2-4-10(7-9)5-6-16-12-8-11(14)17-13(15)18-12/h8-10H,2-7H2,1H3,(H5,14,15,16,17,18). The highest BCUT2D eigenvalue weighted by molar-refractivity contribution is 5.48. The summed E-state index contributed by atoms with van der Waals surface area (Å²) in [6.07, 6.45) is 6.67. The molecule has 1 aromatic heterocycles. The number of nitrogens with zero attached hydrogens (tertiary/aromatic N) is 2. The molecule has 100 valence electrons. The van der Waals surface area contributed by atoms with Crippen LogP contribution in [0, 0.1) is 11.8 Å². The molecule has 1 heterocycles. The lowest BCUT2D eigenvalue weighted by molar-refractivity contribution is 0.274. The maximum absolute atomic E-state index is 5.62. The third-order valence-corrected chi connectivity index (χ3v) is 3.67. The summed E-state index contributed by atoms with van der Waals surface area (Å²) in [6, 6.07) is 1.72. The molecule has 0 radical (unpaired) electrons. The Morgan fingerprint density at radius 2 is 2.17 bits per heavy atom. The molecule has 0 saturated heterocycles. The molecule has 0 aromatic carbocycles. The second-order valence-electron chi connectivity index (χ2n) is 5.39. The largest absolute Gasteiger partial charge is 0.383 e. The van der Waals surface area contributed by atoms with Gasteiger partial charge < -0.3 is 16.8 Å². The molecule has 0 aliphatic heterocycles. The van der Waals surface area contributed by atoms with Gasteiger partial charge in [-0.25, -0.2) is 0 Å². The zero-order chi connectivity index (χ0) is 13.0. The van der Waals surface area contributed by atoms with Gasteiger partial charge in [0.1, 0.15) is 11.6 Å². The van der Waals surface area contributed by atoms with Crippen LogP contribution in [0.5, 0.6) is 0 Å². The van der Waals surface area contributed by atoms with Crippen molar-refractivity contribution in [1.82, 2.24) is 9.97 Å². The fraction of sp³-hybridized carbons (Fsp3) is 0.692. The molecule has 0 bridgehead atoms. The first kappa shape index (κ1) is 12.9. The van der Waals surface area contributed by atoms with E-state index in [0.29, 0.717) is 5.82 Å². The average Bonchev–Trinajstić information content (AvgIpc) is 2.27. The second kappa shape index (κ2) is 5.89. The fourth-order valence-electron chi connectivity index (χ4n) is 2.80. The molecule has 18 heavy (non-hydrogen) atoms. The van der Waals surface area contributed by atoms with Crippen molar-refractivity contribution in [2.45, 2.75) is 39.0 Å². The normalized spacial score (nSPS) is 23.8. The van der Waals surface area contributed by atoms with Gasteiger partial charge in [0.15, 0.2) is 0 Å². The number of rotatable bonds is 4. The number of nitrogens with two attached hydrogens (primary N) is 2. The highest BCUT2D eigenvalue weighted by Gasteiger charge is 2.18. The Balaban J connectivity index is 1.77. The van der Waals surface area contributed by atoms with E-state index >= 15 is 0 Å². The highest BCUT2D eigenvalue weighted by atomic mass is 15.1. The molecule has 1 aliphatic carbocycles. The monoisotopic (exact) mass is 249 g/mol. The zero-order valence-electron chi connectivity index (χ0n) is 11.0. The number of hydrogen-bond donors (Lipinski definition) is 3. The van der Waals surface area contributed by atoms with E-state index in [-0.39, 0.29) is 5.95 Å². The van der Waals surface area contributed by atoms with Crippen molar-refractivity contribution in [3.05, 3.63) is 6.07 Å². The van der Waals surface area contributed by atoms with Gasteiger partial charge in [-0.2, -0.15) is 9.97 Å². The molecule has 1 saturated carbocycles. The molecule has 2 rings (SSSR count). The topological polar surface area (TPSA) is 89.8 Å². The average molecular weight is 249 g/mol. The van der Waals surface area contributed by atoms with Gasteiger partial charge in [-0.15, -0.1) is 0 Å². The molecule has 0 spiro atoms. The van der Waals surface area contributed by atoms with E-state index in [2.05, 4.69) is 22.2 Å². The van der Waals surface area contributed by atoms with Crippen molar-refractivity contribution in [1.29, 1.82) is 0 Å². The van der Waals surface area contributed by atoms with Crippen LogP contribution in [0.1, 0.15) is 39.0 Å². The maximum atomic E-state index is 5.62. The van der Waals surface area contributed by atoms with Crippen molar-refractivity contribution >= 4 is 17.6 Å². The van der Waals surface area contributed by atoms with Crippen LogP contribution in [-0.2, 0) is 0 Å². The summed E-state index contributed by atoms with van der Waals surface area (Å²) in [7, 11) is 0. The Bertz CT molecular complexity index is 373. The summed E-state index contributed by atoms with van der Waals surface area (Å²) in [5, 5.41) is 3.28. The van der Waals surface area contributed by atoms with Crippen LogP contribution in [0.4, 0.5) is 17.6 Å². The zero-order valence-corrected chi connectivity index (χ0v) is 11.0. The van der Waals surface area contributed by atoms with E-state index in [4.69, 9.17) is 11.5 Å². The first-order chi connectivity index (χ1) is 8.63. The lowest BCUT2D eigenvalue weighted by Gasteiger charge is -2.26. The van der Waals surface area contributed by atoms with Crippen LogP contribution >= 0.6 is 0 Å². The van der Waals surface area contributed by atoms with E-state index in [0.717, 1.165) is 24.2 Å². The number of aromatic nitrogens is 2. The van der Waals surface area contributed by atoms with E-state index < -0.39 is 0 Å². The van der Waals surface area contributed by atoms with Crippen LogP contribution in [0.3, 0.4) is 0 Å². The minimum atomic E-state index is 0.226. The van der Waals surface area contributed by atoms with Crippen molar-refractivity contribution in [2.24, 2.45) is 11.8 Å². The molecule has 0 amide bonds. The van der Waals surface area contributed by atoms with Gasteiger partial charge >= 0.3 is 0 Å². The van der Waals surface area contributed by atoms with Crippen LogP contribution in [0.2, 0.25) is 0 Å². The Labute approximate surface area is 108 Å². The van der Waals surface area contributed by atoms with Crippen LogP contribution < -0.4 is 16.8 Å². The van der Waals surface area contributed by atoms with Gasteiger partial charge in [-0.05, 0) is 24.7 Å². The Morgan fingerprint density at radius 1 is 1.33 bits per heavy atom.